The molecule has 0 spiro atoms. The van der Waals surface area contributed by atoms with Crippen molar-refractivity contribution in [1.82, 2.24) is 9.97 Å². The van der Waals surface area contributed by atoms with Gasteiger partial charge in [-0.25, -0.2) is 4.98 Å². The zero-order chi connectivity index (χ0) is 21.1. The van der Waals surface area contributed by atoms with Crippen molar-refractivity contribution in [2.24, 2.45) is 0 Å². The Balaban J connectivity index is 1.63. The average molecular weight is 443 g/mol. The molecule has 4 rings (SSSR count). The highest BCUT2D eigenvalue weighted by Crippen LogP contribution is 2.38. The number of fused-ring (bicyclic) bond motifs is 1. The molecule has 0 amide bonds. The maximum atomic E-state index is 11.4. The third kappa shape index (κ3) is 4.37. The Morgan fingerprint density at radius 1 is 1.10 bits per heavy atom. The predicted molar refractivity (Wildman–Crippen MR) is 116 cm³/mol. The molecule has 6 nitrogen and oxygen atoms in total. The van der Waals surface area contributed by atoms with Gasteiger partial charge in [-0.1, -0.05) is 23.7 Å². The van der Waals surface area contributed by atoms with Gasteiger partial charge in [0.1, 0.15) is 11.5 Å². The van der Waals surface area contributed by atoms with Crippen LogP contribution in [0.4, 0.5) is 0 Å². The zero-order valence-electron chi connectivity index (χ0n) is 16.5. The second kappa shape index (κ2) is 8.93. The Kier molecular flexibility index (Phi) is 6.11. The largest absolute Gasteiger partial charge is 0.495 e. The number of halogens is 1. The molecule has 1 aliphatic rings. The van der Waals surface area contributed by atoms with E-state index in [1.54, 1.807) is 31.0 Å². The van der Waals surface area contributed by atoms with Crippen molar-refractivity contribution in [2.75, 3.05) is 14.2 Å². The molecule has 0 aliphatic carbocycles. The molecule has 8 heteroatoms. The summed E-state index contributed by atoms with van der Waals surface area (Å²) in [7, 11) is 2.95. The Morgan fingerprint density at radius 2 is 1.90 bits per heavy atom. The van der Waals surface area contributed by atoms with E-state index in [9.17, 15) is 4.79 Å². The summed E-state index contributed by atoms with van der Waals surface area (Å²) in [4.78, 5) is 20.8. The molecular formula is C22H19ClN2O4S. The number of esters is 1. The molecule has 154 valence electrons. The van der Waals surface area contributed by atoms with E-state index in [4.69, 9.17) is 30.8 Å². The summed E-state index contributed by atoms with van der Waals surface area (Å²) in [5, 5.41) is 0.497. The topological polar surface area (TPSA) is 70.5 Å². The second-order valence-corrected chi connectivity index (χ2v) is 8.01. The minimum absolute atomic E-state index is 0.221. The second-order valence-electron chi connectivity index (χ2n) is 6.62. The Bertz CT molecular complexity index is 1090. The number of hydrogen-bond acceptors (Lipinski definition) is 7. The standard InChI is InChI=1S/C22H19ClN2O4S/c1-27-19-8-5-14(10-17(19)23)21-24-18-12-30-11-16(18)22(25-21)29-15-6-3-13(4-7-15)9-20(26)28-2/h3-8,10H,9,11-12H2,1-2H3. The summed E-state index contributed by atoms with van der Waals surface area (Å²) < 4.78 is 16.0. The summed E-state index contributed by atoms with van der Waals surface area (Å²) in [6.45, 7) is 0. The molecule has 0 bridgehead atoms. The van der Waals surface area contributed by atoms with Crippen molar-refractivity contribution in [2.45, 2.75) is 17.9 Å². The number of rotatable bonds is 6. The zero-order valence-corrected chi connectivity index (χ0v) is 18.0. The van der Waals surface area contributed by atoms with Gasteiger partial charge in [0.25, 0.3) is 0 Å². The SMILES string of the molecule is COC(=O)Cc1ccc(Oc2nc(-c3ccc(OC)c(Cl)c3)nc3c2CSC3)cc1. The Hall–Kier alpha value is -2.77. The quantitative estimate of drug-likeness (QED) is 0.494. The van der Waals surface area contributed by atoms with Crippen LogP contribution >= 0.6 is 23.4 Å². The number of hydrogen-bond donors (Lipinski definition) is 0. The van der Waals surface area contributed by atoms with Crippen LogP contribution in [0, 0.1) is 0 Å². The average Bonchev–Trinajstić information content (AvgIpc) is 3.24. The molecule has 0 atom stereocenters. The molecule has 0 fully saturated rings. The first kappa shape index (κ1) is 20.5. The van der Waals surface area contributed by atoms with Crippen LogP contribution in [-0.2, 0) is 27.5 Å². The van der Waals surface area contributed by atoms with Crippen molar-refractivity contribution in [3.8, 4) is 28.8 Å². The van der Waals surface area contributed by atoms with Gasteiger partial charge in [0.15, 0.2) is 5.82 Å². The van der Waals surface area contributed by atoms with Crippen LogP contribution in [0.15, 0.2) is 42.5 Å². The lowest BCUT2D eigenvalue weighted by molar-refractivity contribution is -0.139. The lowest BCUT2D eigenvalue weighted by atomic mass is 10.1. The maximum absolute atomic E-state index is 11.4. The maximum Gasteiger partial charge on any atom is 0.309 e. The van der Waals surface area contributed by atoms with Crippen molar-refractivity contribution in [1.29, 1.82) is 0 Å². The summed E-state index contributed by atoms with van der Waals surface area (Å²) >= 11 is 8.05. The van der Waals surface area contributed by atoms with Gasteiger partial charge in [-0.3, -0.25) is 4.79 Å². The third-order valence-electron chi connectivity index (χ3n) is 4.66. The molecule has 0 radical (unpaired) electrons. The summed E-state index contributed by atoms with van der Waals surface area (Å²) in [5.41, 5.74) is 3.61. The molecule has 2 heterocycles. The molecule has 2 aromatic carbocycles. The van der Waals surface area contributed by atoms with E-state index in [0.717, 1.165) is 33.9 Å². The highest BCUT2D eigenvalue weighted by Gasteiger charge is 2.22. The van der Waals surface area contributed by atoms with Gasteiger partial charge in [0, 0.05) is 22.6 Å². The van der Waals surface area contributed by atoms with E-state index in [-0.39, 0.29) is 12.4 Å². The number of benzene rings is 2. The van der Waals surface area contributed by atoms with Gasteiger partial charge in [-0.05, 0) is 35.9 Å². The van der Waals surface area contributed by atoms with Crippen LogP contribution in [0.25, 0.3) is 11.4 Å². The lowest BCUT2D eigenvalue weighted by Crippen LogP contribution is -2.04. The molecule has 0 N–H and O–H groups in total. The molecule has 0 saturated heterocycles. The predicted octanol–water partition coefficient (Wildman–Crippen LogP) is 5.06. The summed E-state index contributed by atoms with van der Waals surface area (Å²) in [5.74, 6) is 3.65. The van der Waals surface area contributed by atoms with E-state index >= 15 is 0 Å². The number of nitrogens with zero attached hydrogens (tertiary/aromatic N) is 2. The van der Waals surface area contributed by atoms with Crippen molar-refractivity contribution in [3.05, 3.63) is 64.3 Å². The lowest BCUT2D eigenvalue weighted by Gasteiger charge is -2.12. The van der Waals surface area contributed by atoms with Gasteiger partial charge in [0.2, 0.25) is 5.88 Å². The molecule has 3 aromatic rings. The molecular weight excluding hydrogens is 424 g/mol. The first-order valence-electron chi connectivity index (χ1n) is 9.22. The molecule has 30 heavy (non-hydrogen) atoms. The molecule has 1 aliphatic heterocycles. The number of aromatic nitrogens is 2. The van der Waals surface area contributed by atoms with Crippen molar-refractivity contribution in [3.63, 3.8) is 0 Å². The minimum atomic E-state index is -0.280. The van der Waals surface area contributed by atoms with Crippen molar-refractivity contribution >= 4 is 29.3 Å². The van der Waals surface area contributed by atoms with Gasteiger partial charge in [-0.15, -0.1) is 0 Å². The van der Waals surface area contributed by atoms with Crippen LogP contribution < -0.4 is 9.47 Å². The monoisotopic (exact) mass is 442 g/mol. The van der Waals surface area contributed by atoms with E-state index in [1.807, 2.05) is 30.3 Å². The fraction of sp³-hybridized carbons (Fsp3) is 0.227. The first-order valence-corrected chi connectivity index (χ1v) is 10.8. The van der Waals surface area contributed by atoms with Crippen LogP contribution in [0.5, 0.6) is 17.4 Å². The first-order chi connectivity index (χ1) is 14.6. The third-order valence-corrected chi connectivity index (χ3v) is 5.93. The number of methoxy groups -OCH3 is 2. The highest BCUT2D eigenvalue weighted by molar-refractivity contribution is 7.98. The number of ether oxygens (including phenoxy) is 3. The van der Waals surface area contributed by atoms with Gasteiger partial charge in [0.05, 0.1) is 31.4 Å². The van der Waals surface area contributed by atoms with E-state index in [2.05, 4.69) is 4.98 Å². The summed E-state index contributed by atoms with van der Waals surface area (Å²) in [6.07, 6.45) is 0.221. The van der Waals surface area contributed by atoms with E-state index in [0.29, 0.717) is 28.2 Å². The number of carbonyl (C=O) groups is 1. The minimum Gasteiger partial charge on any atom is -0.495 e. The van der Waals surface area contributed by atoms with Gasteiger partial charge < -0.3 is 14.2 Å². The molecule has 0 saturated carbocycles. The fourth-order valence-electron chi connectivity index (χ4n) is 3.07. The summed E-state index contributed by atoms with van der Waals surface area (Å²) in [6, 6.07) is 12.8. The van der Waals surface area contributed by atoms with Crippen LogP contribution in [-0.4, -0.2) is 30.2 Å². The van der Waals surface area contributed by atoms with E-state index < -0.39 is 0 Å². The highest BCUT2D eigenvalue weighted by atomic mass is 35.5. The Morgan fingerprint density at radius 3 is 2.60 bits per heavy atom. The molecule has 1 aromatic heterocycles. The number of carbonyl (C=O) groups excluding carboxylic acids is 1. The van der Waals surface area contributed by atoms with Crippen LogP contribution in [0.2, 0.25) is 5.02 Å². The smallest absolute Gasteiger partial charge is 0.309 e. The van der Waals surface area contributed by atoms with Crippen molar-refractivity contribution < 1.29 is 19.0 Å². The van der Waals surface area contributed by atoms with Crippen LogP contribution in [0.1, 0.15) is 16.8 Å². The molecule has 0 unspecified atom stereocenters. The fourth-order valence-corrected chi connectivity index (χ4v) is 4.35. The van der Waals surface area contributed by atoms with Gasteiger partial charge >= 0.3 is 5.97 Å². The Labute approximate surface area is 183 Å². The van der Waals surface area contributed by atoms with E-state index in [1.165, 1.54) is 7.11 Å². The normalized spacial score (nSPS) is 12.4. The van der Waals surface area contributed by atoms with Crippen LogP contribution in [0.3, 0.4) is 0 Å². The van der Waals surface area contributed by atoms with Gasteiger partial charge in [-0.2, -0.15) is 16.7 Å². The number of thioether (sulfide) groups is 1.